The van der Waals surface area contributed by atoms with Crippen LogP contribution in [0.1, 0.15) is 26.0 Å². The first-order valence-electron chi connectivity index (χ1n) is 9.21. The van der Waals surface area contributed by atoms with Crippen molar-refractivity contribution >= 4 is 16.9 Å². The molecule has 0 aliphatic carbocycles. The molecule has 0 radical (unpaired) electrons. The Morgan fingerprint density at radius 1 is 1.11 bits per heavy atom. The lowest BCUT2D eigenvalue weighted by molar-refractivity contribution is 0.272. The molecule has 1 unspecified atom stereocenters. The number of imidazole rings is 1. The number of pyridine rings is 1. The third-order valence-electron chi connectivity index (χ3n) is 4.49. The highest BCUT2D eigenvalue weighted by Crippen LogP contribution is 2.25. The van der Waals surface area contributed by atoms with Crippen molar-refractivity contribution in [3.05, 3.63) is 48.2 Å². The highest BCUT2D eigenvalue weighted by molar-refractivity contribution is 5.78. The molecule has 0 saturated heterocycles. The van der Waals surface area contributed by atoms with Crippen molar-refractivity contribution in [3.63, 3.8) is 0 Å². The number of aromatic nitrogens is 7. The van der Waals surface area contributed by atoms with E-state index < -0.39 is 0 Å². The van der Waals surface area contributed by atoms with Gasteiger partial charge in [-0.05, 0) is 48.0 Å². The molecule has 1 atom stereocenters. The minimum atomic E-state index is 0.282. The maximum Gasteiger partial charge on any atom is 0.305 e. The van der Waals surface area contributed by atoms with Gasteiger partial charge in [-0.1, -0.05) is 30.2 Å². The van der Waals surface area contributed by atoms with Crippen molar-refractivity contribution < 1.29 is 4.74 Å². The van der Waals surface area contributed by atoms with Gasteiger partial charge in [0.2, 0.25) is 0 Å². The van der Waals surface area contributed by atoms with Gasteiger partial charge in [-0.15, -0.1) is 0 Å². The summed E-state index contributed by atoms with van der Waals surface area (Å²) >= 11 is 0. The van der Waals surface area contributed by atoms with E-state index in [9.17, 15) is 0 Å². The molecular weight excluding hydrogens is 356 g/mol. The molecule has 3 aromatic heterocycles. The molecule has 0 fully saturated rings. The van der Waals surface area contributed by atoms with Crippen molar-refractivity contribution in [1.29, 1.82) is 0 Å². The van der Waals surface area contributed by atoms with Crippen molar-refractivity contribution in [2.75, 3.05) is 5.32 Å². The van der Waals surface area contributed by atoms with Gasteiger partial charge in [-0.2, -0.15) is 4.98 Å². The number of fused-ring (bicyclic) bond motifs is 1. The van der Waals surface area contributed by atoms with Crippen LogP contribution in [-0.2, 0) is 13.7 Å². The number of para-hydroxylation sites is 2. The number of ether oxygens (including phenoxy) is 1. The third-order valence-corrected chi connectivity index (χ3v) is 4.49. The molecule has 1 aromatic carbocycles. The Morgan fingerprint density at radius 2 is 1.96 bits per heavy atom. The van der Waals surface area contributed by atoms with Gasteiger partial charge in [0.05, 0.1) is 16.7 Å². The summed E-state index contributed by atoms with van der Waals surface area (Å²) in [6, 6.07) is 14.4. The summed E-state index contributed by atoms with van der Waals surface area (Å²) in [5, 5.41) is 15.1. The zero-order valence-corrected chi connectivity index (χ0v) is 16.1. The Hall–Kier alpha value is -3.49. The Bertz CT molecular complexity index is 1090. The van der Waals surface area contributed by atoms with Gasteiger partial charge in [0.25, 0.3) is 5.95 Å². The van der Waals surface area contributed by atoms with Crippen LogP contribution in [0.5, 0.6) is 6.01 Å². The van der Waals surface area contributed by atoms with Gasteiger partial charge in [0, 0.05) is 13.1 Å². The first kappa shape index (κ1) is 17.9. The second kappa shape index (κ2) is 7.63. The van der Waals surface area contributed by atoms with Gasteiger partial charge in [0.15, 0.2) is 0 Å². The van der Waals surface area contributed by atoms with E-state index in [0.717, 1.165) is 29.0 Å². The maximum atomic E-state index is 6.03. The third kappa shape index (κ3) is 3.51. The summed E-state index contributed by atoms with van der Waals surface area (Å²) < 4.78 is 9.41. The molecule has 0 saturated carbocycles. The molecule has 144 valence electrons. The standard InChI is InChI=1S/C19H22N8O/c1-4-13(2)20-17-11-7-8-14(21-17)12-28-19-22-15-9-5-6-10-16(15)27(19)18-23-24-25-26(18)3/h5-11,13H,4,12H2,1-3H3,(H,20,21). The van der Waals surface area contributed by atoms with E-state index in [1.807, 2.05) is 42.5 Å². The maximum absolute atomic E-state index is 6.03. The Kier molecular flexibility index (Phi) is 4.88. The molecule has 4 rings (SSSR count). The predicted molar refractivity (Wildman–Crippen MR) is 105 cm³/mol. The summed E-state index contributed by atoms with van der Waals surface area (Å²) in [4.78, 5) is 9.22. The second-order valence-corrected chi connectivity index (χ2v) is 6.58. The van der Waals surface area contributed by atoms with E-state index in [2.05, 4.69) is 44.7 Å². The van der Waals surface area contributed by atoms with Crippen molar-refractivity contribution in [3.8, 4) is 12.0 Å². The number of hydrogen-bond acceptors (Lipinski definition) is 7. The normalized spacial score (nSPS) is 12.2. The van der Waals surface area contributed by atoms with Crippen LogP contribution < -0.4 is 10.1 Å². The van der Waals surface area contributed by atoms with E-state index >= 15 is 0 Å². The fourth-order valence-electron chi connectivity index (χ4n) is 2.84. The summed E-state index contributed by atoms with van der Waals surface area (Å²) in [6.07, 6.45) is 1.03. The molecule has 3 heterocycles. The van der Waals surface area contributed by atoms with Crippen molar-refractivity contribution in [1.82, 2.24) is 34.7 Å². The topological polar surface area (TPSA) is 95.6 Å². The van der Waals surface area contributed by atoms with Gasteiger partial charge in [-0.3, -0.25) is 0 Å². The molecule has 0 spiro atoms. The number of nitrogens with one attached hydrogen (secondary N) is 1. The summed E-state index contributed by atoms with van der Waals surface area (Å²) in [5.41, 5.74) is 2.49. The molecule has 1 N–H and O–H groups in total. The molecule has 9 heteroatoms. The Balaban J connectivity index is 1.62. The zero-order valence-electron chi connectivity index (χ0n) is 16.1. The van der Waals surface area contributed by atoms with Gasteiger partial charge >= 0.3 is 6.01 Å². The molecular formula is C19H22N8O. The average Bonchev–Trinajstić information content (AvgIpc) is 3.29. The smallest absolute Gasteiger partial charge is 0.305 e. The second-order valence-electron chi connectivity index (χ2n) is 6.58. The number of anilines is 1. The number of rotatable bonds is 7. The van der Waals surface area contributed by atoms with E-state index in [1.54, 1.807) is 16.3 Å². The Morgan fingerprint density at radius 3 is 2.75 bits per heavy atom. The molecule has 9 nitrogen and oxygen atoms in total. The van der Waals surface area contributed by atoms with Crippen molar-refractivity contribution in [2.45, 2.75) is 32.9 Å². The number of aryl methyl sites for hydroxylation is 1. The molecule has 4 aromatic rings. The van der Waals surface area contributed by atoms with Crippen LogP contribution in [0.15, 0.2) is 42.5 Å². The molecule has 0 amide bonds. The van der Waals surface area contributed by atoms with E-state index in [1.165, 1.54) is 0 Å². The lowest BCUT2D eigenvalue weighted by atomic mass is 10.2. The van der Waals surface area contributed by atoms with Crippen molar-refractivity contribution in [2.24, 2.45) is 7.05 Å². The monoisotopic (exact) mass is 378 g/mol. The SMILES string of the molecule is CCC(C)Nc1cccc(COc2nc3ccccc3n2-c2nnnn2C)n1. The van der Waals surface area contributed by atoms with Crippen LogP contribution in [0.3, 0.4) is 0 Å². The minimum absolute atomic E-state index is 0.282. The molecule has 28 heavy (non-hydrogen) atoms. The average molecular weight is 378 g/mol. The van der Waals surface area contributed by atoms with E-state index in [-0.39, 0.29) is 6.61 Å². The lowest BCUT2D eigenvalue weighted by Crippen LogP contribution is -2.15. The van der Waals surface area contributed by atoms with Crippen LogP contribution >= 0.6 is 0 Å². The molecule has 0 bridgehead atoms. The van der Waals surface area contributed by atoms with E-state index in [0.29, 0.717) is 18.0 Å². The lowest BCUT2D eigenvalue weighted by Gasteiger charge is -2.13. The van der Waals surface area contributed by atoms with Crippen LogP contribution in [0.2, 0.25) is 0 Å². The predicted octanol–water partition coefficient (Wildman–Crippen LogP) is 2.73. The fraction of sp³-hybridized carbons (Fsp3) is 0.316. The Labute approximate surface area is 162 Å². The van der Waals surface area contributed by atoms with E-state index in [4.69, 9.17) is 4.74 Å². The first-order chi connectivity index (χ1) is 13.7. The quantitative estimate of drug-likeness (QED) is 0.528. The number of hydrogen-bond donors (Lipinski definition) is 1. The van der Waals surface area contributed by atoms with Crippen LogP contribution in [0.25, 0.3) is 17.0 Å². The first-order valence-corrected chi connectivity index (χ1v) is 9.21. The highest BCUT2D eigenvalue weighted by atomic mass is 16.5. The fourth-order valence-corrected chi connectivity index (χ4v) is 2.84. The zero-order chi connectivity index (χ0) is 19.5. The van der Waals surface area contributed by atoms with Crippen LogP contribution in [0, 0.1) is 0 Å². The number of benzene rings is 1. The highest BCUT2D eigenvalue weighted by Gasteiger charge is 2.18. The summed E-state index contributed by atoms with van der Waals surface area (Å²) in [7, 11) is 1.78. The number of tetrazole rings is 1. The van der Waals surface area contributed by atoms with Crippen LogP contribution in [0.4, 0.5) is 5.82 Å². The minimum Gasteiger partial charge on any atom is -0.458 e. The van der Waals surface area contributed by atoms with Gasteiger partial charge in [0.1, 0.15) is 12.4 Å². The molecule has 0 aliphatic rings. The summed E-state index contributed by atoms with van der Waals surface area (Å²) in [6.45, 7) is 4.54. The number of nitrogens with zero attached hydrogens (tertiary/aromatic N) is 7. The van der Waals surface area contributed by atoms with Gasteiger partial charge in [-0.25, -0.2) is 14.2 Å². The largest absolute Gasteiger partial charge is 0.458 e. The van der Waals surface area contributed by atoms with Crippen LogP contribution in [-0.4, -0.2) is 40.8 Å². The summed E-state index contributed by atoms with van der Waals surface area (Å²) in [5.74, 6) is 1.37. The van der Waals surface area contributed by atoms with Gasteiger partial charge < -0.3 is 10.1 Å². The molecule has 0 aliphatic heterocycles.